The van der Waals surface area contributed by atoms with Gasteiger partial charge < -0.3 is 4.74 Å². The van der Waals surface area contributed by atoms with Gasteiger partial charge in [0.05, 0.1) is 19.8 Å². The minimum absolute atomic E-state index is 0.374. The fraction of sp³-hybridized carbons (Fsp3) is 0.417. The summed E-state index contributed by atoms with van der Waals surface area (Å²) in [5.74, 6) is 0. The Morgan fingerprint density at radius 3 is 2.44 bits per heavy atom. The van der Waals surface area contributed by atoms with E-state index in [-0.39, 0.29) is 0 Å². The van der Waals surface area contributed by atoms with Crippen LogP contribution in [0.15, 0.2) is 43.0 Å². The molecule has 6 nitrogen and oxygen atoms in total. The van der Waals surface area contributed by atoms with Crippen molar-refractivity contribution in [2.45, 2.75) is 6.35 Å². The summed E-state index contributed by atoms with van der Waals surface area (Å²) in [6.07, 6.45) is 6.01. The second-order valence-electron chi connectivity index (χ2n) is 3.36. The number of hydrogen-bond acceptors (Lipinski definition) is 6. The van der Waals surface area contributed by atoms with Crippen molar-refractivity contribution in [3.05, 3.63) is 38.0 Å². The summed E-state index contributed by atoms with van der Waals surface area (Å²) in [6.45, 7) is 12.3. The van der Waals surface area contributed by atoms with E-state index >= 15 is 0 Å². The summed E-state index contributed by atoms with van der Waals surface area (Å²) in [5.41, 5.74) is 0. The monoisotopic (exact) mass is 253 g/mol. The number of nitrogens with zero attached hydrogens (tertiary/aromatic N) is 3. The highest BCUT2D eigenvalue weighted by atomic mass is 16.7. The van der Waals surface area contributed by atoms with E-state index in [2.05, 4.69) is 24.7 Å². The topological polar surface area (TPSA) is 46.5 Å². The molecule has 6 heteroatoms. The molecule has 0 N–H and O–H groups in total. The number of hydroxylamine groups is 4. The lowest BCUT2D eigenvalue weighted by Gasteiger charge is -2.34. The van der Waals surface area contributed by atoms with Gasteiger partial charge in [0.1, 0.15) is 13.0 Å². The predicted octanol–water partition coefficient (Wildman–Crippen LogP) is 1.31. The largest absolute Gasteiger partial charge is 0.338 e. The maximum Gasteiger partial charge on any atom is 0.232 e. The van der Waals surface area contributed by atoms with Crippen LogP contribution in [0.25, 0.3) is 0 Å². The molecule has 1 atom stereocenters. The van der Waals surface area contributed by atoms with Crippen molar-refractivity contribution in [1.29, 1.82) is 0 Å². The minimum Gasteiger partial charge on any atom is -0.338 e. The van der Waals surface area contributed by atoms with Gasteiger partial charge in [-0.2, -0.15) is 0 Å². The van der Waals surface area contributed by atoms with Gasteiger partial charge in [-0.1, -0.05) is 18.2 Å². The van der Waals surface area contributed by atoms with E-state index in [9.17, 15) is 0 Å². The molecule has 0 aromatic carbocycles. The first-order valence-corrected chi connectivity index (χ1v) is 5.58. The van der Waals surface area contributed by atoms with Crippen LogP contribution in [0.1, 0.15) is 0 Å². The quantitative estimate of drug-likeness (QED) is 0.580. The lowest BCUT2D eigenvalue weighted by atomic mass is 10.6. The highest BCUT2D eigenvalue weighted by Gasteiger charge is 2.25. The lowest BCUT2D eigenvalue weighted by molar-refractivity contribution is -0.289. The van der Waals surface area contributed by atoms with Gasteiger partial charge in [-0.15, -0.1) is 24.8 Å². The second kappa shape index (κ2) is 8.60. The van der Waals surface area contributed by atoms with Crippen molar-refractivity contribution in [1.82, 2.24) is 10.1 Å². The molecule has 0 saturated heterocycles. The fourth-order valence-corrected chi connectivity index (χ4v) is 1.21. The fourth-order valence-electron chi connectivity index (χ4n) is 1.21. The van der Waals surface area contributed by atoms with Gasteiger partial charge in [0.2, 0.25) is 6.35 Å². The molecule has 1 heterocycles. The third-order valence-corrected chi connectivity index (χ3v) is 1.93. The van der Waals surface area contributed by atoms with Crippen molar-refractivity contribution >= 4 is 6.34 Å². The van der Waals surface area contributed by atoms with Crippen molar-refractivity contribution in [2.24, 2.45) is 4.99 Å². The highest BCUT2D eigenvalue weighted by molar-refractivity contribution is 5.54. The van der Waals surface area contributed by atoms with Crippen molar-refractivity contribution in [3.8, 4) is 0 Å². The Hall–Kier alpha value is -1.47. The van der Waals surface area contributed by atoms with Crippen LogP contribution >= 0.6 is 0 Å². The van der Waals surface area contributed by atoms with Crippen LogP contribution in [-0.2, 0) is 14.4 Å². The zero-order valence-corrected chi connectivity index (χ0v) is 10.4. The van der Waals surface area contributed by atoms with Gasteiger partial charge in [0.15, 0.2) is 0 Å². The molecule has 0 spiro atoms. The molecular formula is C12H19N3O3. The zero-order valence-electron chi connectivity index (χ0n) is 10.4. The van der Waals surface area contributed by atoms with E-state index in [1.807, 2.05) is 0 Å². The summed E-state index contributed by atoms with van der Waals surface area (Å²) < 4.78 is 5.44. The Bertz CT molecular complexity index is 307. The molecular weight excluding hydrogens is 234 g/mol. The summed E-state index contributed by atoms with van der Waals surface area (Å²) >= 11 is 0. The van der Waals surface area contributed by atoms with Crippen LogP contribution in [0, 0.1) is 0 Å². The Morgan fingerprint density at radius 1 is 1.11 bits per heavy atom. The van der Waals surface area contributed by atoms with E-state index < -0.39 is 6.35 Å². The van der Waals surface area contributed by atoms with E-state index in [1.54, 1.807) is 34.7 Å². The van der Waals surface area contributed by atoms with Crippen LogP contribution in [0.4, 0.5) is 0 Å². The summed E-state index contributed by atoms with van der Waals surface area (Å²) in [4.78, 5) is 15.0. The Labute approximate surface area is 107 Å². The molecule has 1 aliphatic rings. The summed E-state index contributed by atoms with van der Waals surface area (Å²) in [6, 6.07) is 0. The van der Waals surface area contributed by atoms with Gasteiger partial charge in [0, 0.05) is 0 Å². The first-order chi connectivity index (χ1) is 8.81. The number of rotatable bonds is 9. The molecule has 18 heavy (non-hydrogen) atoms. The molecule has 1 rings (SSSR count). The Kier molecular flexibility index (Phi) is 6.97. The van der Waals surface area contributed by atoms with Crippen LogP contribution in [0.3, 0.4) is 0 Å². The van der Waals surface area contributed by atoms with Crippen LogP contribution in [0.2, 0.25) is 0 Å². The van der Waals surface area contributed by atoms with Crippen molar-refractivity contribution < 1.29 is 14.4 Å². The van der Waals surface area contributed by atoms with Gasteiger partial charge in [-0.3, -0.25) is 9.68 Å². The Morgan fingerprint density at radius 2 is 1.78 bits per heavy atom. The summed E-state index contributed by atoms with van der Waals surface area (Å²) in [7, 11) is 0. The van der Waals surface area contributed by atoms with Crippen molar-refractivity contribution in [3.63, 3.8) is 0 Å². The average molecular weight is 253 g/mol. The lowest BCUT2D eigenvalue weighted by Crippen LogP contribution is -2.48. The van der Waals surface area contributed by atoms with E-state index in [0.717, 1.165) is 0 Å². The molecule has 0 radical (unpaired) electrons. The molecule has 0 bridgehead atoms. The summed E-state index contributed by atoms with van der Waals surface area (Å²) in [5, 5.41) is 3.10. The van der Waals surface area contributed by atoms with Gasteiger partial charge in [-0.05, 0) is 0 Å². The van der Waals surface area contributed by atoms with Gasteiger partial charge >= 0.3 is 0 Å². The highest BCUT2D eigenvalue weighted by Crippen LogP contribution is 2.11. The molecule has 0 fully saturated rings. The molecule has 1 unspecified atom stereocenters. The standard InChI is InChI=1S/C12H19N3O3/c1-4-7-16-12-13-10-14(17-8-5-2)11-15(12)18-9-6-3/h4-6,10,12H,1-3,7-9,11H2. The average Bonchev–Trinajstić information content (AvgIpc) is 2.41. The molecule has 0 amide bonds. The molecule has 0 aromatic heterocycles. The molecule has 100 valence electrons. The molecule has 0 aromatic rings. The number of aliphatic imine (C=N–C) groups is 1. The predicted molar refractivity (Wildman–Crippen MR) is 69.3 cm³/mol. The molecule has 1 aliphatic heterocycles. The zero-order chi connectivity index (χ0) is 13.2. The van der Waals surface area contributed by atoms with Gasteiger partial charge in [-0.25, -0.2) is 10.1 Å². The second-order valence-corrected chi connectivity index (χ2v) is 3.36. The minimum atomic E-state index is -0.508. The third-order valence-electron chi connectivity index (χ3n) is 1.93. The molecule has 0 saturated carbocycles. The smallest absolute Gasteiger partial charge is 0.232 e. The van der Waals surface area contributed by atoms with Crippen molar-refractivity contribution in [2.75, 3.05) is 26.5 Å². The van der Waals surface area contributed by atoms with Crippen LogP contribution in [0.5, 0.6) is 0 Å². The maximum atomic E-state index is 5.45. The number of ether oxygens (including phenoxy) is 1. The van der Waals surface area contributed by atoms with E-state index in [0.29, 0.717) is 26.5 Å². The van der Waals surface area contributed by atoms with Crippen LogP contribution < -0.4 is 0 Å². The Balaban J connectivity index is 2.54. The SMILES string of the molecule is C=CCOC1N=CN(OCC=C)CN1OCC=C. The molecule has 0 aliphatic carbocycles. The first-order valence-electron chi connectivity index (χ1n) is 5.58. The van der Waals surface area contributed by atoms with Gasteiger partial charge in [0.25, 0.3) is 0 Å². The normalized spacial score (nSPS) is 19.8. The number of hydrogen-bond donors (Lipinski definition) is 0. The first kappa shape index (κ1) is 14.6. The third kappa shape index (κ3) is 4.80. The van der Waals surface area contributed by atoms with E-state index in [4.69, 9.17) is 14.4 Å². The maximum absolute atomic E-state index is 5.45. The van der Waals surface area contributed by atoms with E-state index in [1.165, 1.54) is 0 Å². The van der Waals surface area contributed by atoms with Crippen LogP contribution in [-0.4, -0.2) is 49.3 Å².